The maximum Gasteiger partial charge on any atom is 0.416 e. The molecule has 0 atom stereocenters. The molecule has 12 heteroatoms. The Labute approximate surface area is 187 Å². The maximum absolute atomic E-state index is 14.0. The fourth-order valence-corrected chi connectivity index (χ4v) is 3.18. The van der Waals surface area contributed by atoms with E-state index < -0.39 is 45.0 Å². The van der Waals surface area contributed by atoms with E-state index in [0.29, 0.717) is 6.42 Å². The van der Waals surface area contributed by atoms with Crippen molar-refractivity contribution in [3.8, 4) is 5.75 Å². The van der Waals surface area contributed by atoms with Crippen LogP contribution in [-0.4, -0.2) is 27.2 Å². The second-order valence-corrected chi connectivity index (χ2v) is 8.71. The molecule has 0 fully saturated rings. The van der Waals surface area contributed by atoms with Gasteiger partial charge in [0, 0.05) is 18.2 Å². The van der Waals surface area contributed by atoms with Crippen molar-refractivity contribution in [1.82, 2.24) is 5.32 Å². The second-order valence-electron chi connectivity index (χ2n) is 6.96. The minimum atomic E-state index is -4.55. The molecule has 2 rings (SSSR count). The number of hydrogen-bond donors (Lipinski definition) is 2. The number of halogens is 5. The molecule has 0 heterocycles. The van der Waals surface area contributed by atoms with E-state index in [4.69, 9.17) is 4.74 Å². The zero-order valence-electron chi connectivity index (χ0n) is 17.6. The maximum atomic E-state index is 14.0. The van der Waals surface area contributed by atoms with E-state index in [9.17, 15) is 35.2 Å². The number of carbonyl (C=O) groups is 1. The quantitative estimate of drug-likeness (QED) is 0.400. The van der Waals surface area contributed by atoms with Crippen LogP contribution in [0.1, 0.15) is 30.0 Å². The van der Waals surface area contributed by atoms with Crippen molar-refractivity contribution in [2.75, 3.05) is 17.6 Å². The van der Waals surface area contributed by atoms with E-state index in [1.807, 2.05) is 0 Å². The standard InChI is InChI=1S/C21H21F5N2O4S/c1-3-8-32-18-11-15(21(24,25)26)6-4-14(18)5-7-19(29)27-12-13-9-16(22)20(17(23)10-13)28-33(2,30)31/h4-7,9-11,28H,3,8,12H2,1-2H3,(H,27,29). The Morgan fingerprint density at radius 1 is 1.12 bits per heavy atom. The Balaban J connectivity index is 2.11. The summed E-state index contributed by atoms with van der Waals surface area (Å²) in [7, 11) is -3.90. The molecule has 0 aliphatic heterocycles. The number of amides is 1. The molecule has 0 aliphatic rings. The van der Waals surface area contributed by atoms with Gasteiger partial charge in [-0.3, -0.25) is 9.52 Å². The molecule has 180 valence electrons. The van der Waals surface area contributed by atoms with Crippen molar-refractivity contribution in [2.45, 2.75) is 26.1 Å². The van der Waals surface area contributed by atoms with Gasteiger partial charge in [-0.2, -0.15) is 13.2 Å². The number of anilines is 1. The van der Waals surface area contributed by atoms with Crippen LogP contribution in [0.5, 0.6) is 5.75 Å². The monoisotopic (exact) mass is 492 g/mol. The molecule has 0 aromatic heterocycles. The molecule has 2 aromatic carbocycles. The lowest BCUT2D eigenvalue weighted by Crippen LogP contribution is -2.21. The molecule has 0 aliphatic carbocycles. The second kappa shape index (κ2) is 10.6. The summed E-state index contributed by atoms with van der Waals surface area (Å²) < 4.78 is 96.2. The van der Waals surface area contributed by atoms with Crippen LogP contribution in [0, 0.1) is 11.6 Å². The fraction of sp³-hybridized carbons (Fsp3) is 0.286. The molecule has 2 aromatic rings. The van der Waals surface area contributed by atoms with Crippen molar-refractivity contribution >= 4 is 27.7 Å². The average Bonchev–Trinajstić information content (AvgIpc) is 2.70. The van der Waals surface area contributed by atoms with Crippen molar-refractivity contribution in [2.24, 2.45) is 0 Å². The average molecular weight is 492 g/mol. The van der Waals surface area contributed by atoms with Gasteiger partial charge in [0.25, 0.3) is 0 Å². The van der Waals surface area contributed by atoms with E-state index in [-0.39, 0.29) is 30.0 Å². The topological polar surface area (TPSA) is 84.5 Å². The summed E-state index contributed by atoms with van der Waals surface area (Å²) in [5.74, 6) is -3.06. The Morgan fingerprint density at radius 2 is 1.76 bits per heavy atom. The Hall–Kier alpha value is -3.15. The highest BCUT2D eigenvalue weighted by Gasteiger charge is 2.31. The first-order chi connectivity index (χ1) is 15.3. The molecule has 0 unspecified atom stereocenters. The molecule has 33 heavy (non-hydrogen) atoms. The van der Waals surface area contributed by atoms with E-state index in [0.717, 1.165) is 42.7 Å². The summed E-state index contributed by atoms with van der Waals surface area (Å²) in [4.78, 5) is 12.1. The number of rotatable bonds is 9. The van der Waals surface area contributed by atoms with Gasteiger partial charge in [-0.15, -0.1) is 0 Å². The molecule has 2 N–H and O–H groups in total. The lowest BCUT2D eigenvalue weighted by atomic mass is 10.1. The van der Waals surface area contributed by atoms with Crippen LogP contribution in [0.2, 0.25) is 0 Å². The third-order valence-electron chi connectivity index (χ3n) is 4.07. The van der Waals surface area contributed by atoms with Gasteiger partial charge in [0.2, 0.25) is 15.9 Å². The lowest BCUT2D eigenvalue weighted by Gasteiger charge is -2.12. The van der Waals surface area contributed by atoms with Crippen LogP contribution in [0.25, 0.3) is 6.08 Å². The van der Waals surface area contributed by atoms with Crippen LogP contribution < -0.4 is 14.8 Å². The van der Waals surface area contributed by atoms with Crippen LogP contribution in [0.3, 0.4) is 0 Å². The minimum Gasteiger partial charge on any atom is -0.493 e. The lowest BCUT2D eigenvalue weighted by molar-refractivity contribution is -0.137. The molecular formula is C21H21F5N2O4S. The molecule has 6 nitrogen and oxygen atoms in total. The minimum absolute atomic E-state index is 0.0206. The third kappa shape index (κ3) is 8.04. The van der Waals surface area contributed by atoms with E-state index in [2.05, 4.69) is 5.32 Å². The van der Waals surface area contributed by atoms with E-state index in [1.165, 1.54) is 6.08 Å². The summed E-state index contributed by atoms with van der Waals surface area (Å²) in [6.45, 7) is 1.67. The Morgan fingerprint density at radius 3 is 2.30 bits per heavy atom. The molecular weight excluding hydrogens is 471 g/mol. The summed E-state index contributed by atoms with van der Waals surface area (Å²) in [6, 6.07) is 4.56. The van der Waals surface area contributed by atoms with Crippen molar-refractivity contribution in [3.63, 3.8) is 0 Å². The molecule has 0 saturated heterocycles. The Kier molecular flexibility index (Phi) is 8.42. The SMILES string of the molecule is CCCOc1cc(C(F)(F)F)ccc1C=CC(=O)NCc1cc(F)c(NS(C)(=O)=O)c(F)c1. The fourth-order valence-electron chi connectivity index (χ4n) is 2.61. The van der Waals surface area contributed by atoms with Crippen molar-refractivity contribution in [1.29, 1.82) is 0 Å². The van der Waals surface area contributed by atoms with Crippen LogP contribution >= 0.6 is 0 Å². The van der Waals surface area contributed by atoms with E-state index in [1.54, 1.807) is 11.6 Å². The van der Waals surface area contributed by atoms with Gasteiger partial charge in [-0.05, 0) is 42.3 Å². The van der Waals surface area contributed by atoms with Gasteiger partial charge in [0.15, 0.2) is 11.6 Å². The van der Waals surface area contributed by atoms with E-state index >= 15 is 0 Å². The molecule has 0 radical (unpaired) electrons. The van der Waals surface area contributed by atoms with Crippen molar-refractivity contribution < 1.29 is 39.9 Å². The van der Waals surface area contributed by atoms with Crippen LogP contribution in [0.4, 0.5) is 27.6 Å². The predicted molar refractivity (Wildman–Crippen MR) is 113 cm³/mol. The molecule has 0 saturated carbocycles. The van der Waals surface area contributed by atoms with Gasteiger partial charge in [0.1, 0.15) is 11.4 Å². The van der Waals surface area contributed by atoms with Gasteiger partial charge in [-0.1, -0.05) is 13.0 Å². The number of nitrogens with one attached hydrogen (secondary N) is 2. The first kappa shape index (κ1) is 26.1. The van der Waals surface area contributed by atoms with Gasteiger partial charge >= 0.3 is 6.18 Å². The summed E-state index contributed by atoms with van der Waals surface area (Å²) in [5, 5.41) is 2.37. The largest absolute Gasteiger partial charge is 0.493 e. The first-order valence-electron chi connectivity index (χ1n) is 9.56. The number of alkyl halides is 3. The van der Waals surface area contributed by atoms with Crippen LogP contribution in [0.15, 0.2) is 36.4 Å². The van der Waals surface area contributed by atoms with Crippen molar-refractivity contribution in [3.05, 3.63) is 64.7 Å². The van der Waals surface area contributed by atoms with Gasteiger partial charge in [-0.25, -0.2) is 17.2 Å². The highest BCUT2D eigenvalue weighted by molar-refractivity contribution is 7.92. The highest BCUT2D eigenvalue weighted by Crippen LogP contribution is 2.33. The molecule has 0 spiro atoms. The molecule has 0 bridgehead atoms. The van der Waals surface area contributed by atoms with Gasteiger partial charge < -0.3 is 10.1 Å². The number of sulfonamides is 1. The highest BCUT2D eigenvalue weighted by atomic mass is 32.2. The zero-order valence-corrected chi connectivity index (χ0v) is 18.4. The van der Waals surface area contributed by atoms with Gasteiger partial charge in [0.05, 0.1) is 18.4 Å². The number of ether oxygens (including phenoxy) is 1. The Bertz CT molecular complexity index is 1120. The smallest absolute Gasteiger partial charge is 0.416 e. The summed E-state index contributed by atoms with van der Waals surface area (Å²) in [5.41, 5.74) is -1.48. The summed E-state index contributed by atoms with van der Waals surface area (Å²) in [6.07, 6.45) is -0.970. The predicted octanol–water partition coefficient (Wildman–Crippen LogP) is 4.47. The molecule has 1 amide bonds. The normalized spacial score (nSPS) is 12.1. The van der Waals surface area contributed by atoms with Crippen LogP contribution in [-0.2, 0) is 27.5 Å². The number of hydrogen-bond acceptors (Lipinski definition) is 4. The number of carbonyl (C=O) groups excluding carboxylic acids is 1. The number of benzene rings is 2. The first-order valence-corrected chi connectivity index (χ1v) is 11.4. The summed E-state index contributed by atoms with van der Waals surface area (Å²) >= 11 is 0. The third-order valence-corrected chi connectivity index (χ3v) is 4.65. The zero-order chi connectivity index (χ0) is 24.8.